The van der Waals surface area contributed by atoms with Crippen molar-refractivity contribution < 1.29 is 13.9 Å². The Morgan fingerprint density at radius 1 is 1.15 bits per heavy atom. The molecular formula is C17H16O3. The molecule has 0 aliphatic rings. The summed E-state index contributed by atoms with van der Waals surface area (Å²) < 4.78 is 10.9. The first-order chi connectivity index (χ1) is 9.70. The summed E-state index contributed by atoms with van der Waals surface area (Å²) >= 11 is 0. The predicted octanol–water partition coefficient (Wildman–Crippen LogP) is 4.25. The van der Waals surface area contributed by atoms with Crippen LogP contribution in [0.3, 0.4) is 0 Å². The van der Waals surface area contributed by atoms with E-state index >= 15 is 0 Å². The number of para-hydroxylation sites is 1. The fraction of sp³-hybridized carbons (Fsp3) is 0.235. The Labute approximate surface area is 117 Å². The van der Waals surface area contributed by atoms with Gasteiger partial charge in [-0.1, -0.05) is 24.3 Å². The lowest BCUT2D eigenvalue weighted by atomic mass is 9.99. The molecule has 3 nitrogen and oxygen atoms in total. The standard InChI is InChI=1S/C17H16O3/c1-3-19-17(18)11(2)12-8-9-16-14(10-12)13-6-4-5-7-15(13)20-16/h4-11H,3H2,1-2H3. The van der Waals surface area contributed by atoms with Crippen LogP contribution in [0.4, 0.5) is 0 Å². The fourth-order valence-electron chi connectivity index (χ4n) is 2.42. The van der Waals surface area contributed by atoms with Gasteiger partial charge in [-0.05, 0) is 37.6 Å². The van der Waals surface area contributed by atoms with Crippen molar-refractivity contribution in [2.75, 3.05) is 6.61 Å². The summed E-state index contributed by atoms with van der Waals surface area (Å²) in [6, 6.07) is 13.8. The summed E-state index contributed by atoms with van der Waals surface area (Å²) in [5.74, 6) is -0.465. The molecule has 2 aromatic carbocycles. The summed E-state index contributed by atoms with van der Waals surface area (Å²) in [6.45, 7) is 4.08. The van der Waals surface area contributed by atoms with E-state index in [2.05, 4.69) is 0 Å². The highest BCUT2D eigenvalue weighted by Crippen LogP contribution is 2.31. The van der Waals surface area contributed by atoms with E-state index in [1.807, 2.05) is 56.3 Å². The largest absolute Gasteiger partial charge is 0.466 e. The molecule has 0 aliphatic heterocycles. The van der Waals surface area contributed by atoms with E-state index in [1.54, 1.807) is 0 Å². The molecule has 20 heavy (non-hydrogen) atoms. The molecule has 1 atom stereocenters. The Bertz CT molecular complexity index is 770. The van der Waals surface area contributed by atoms with Crippen LogP contribution < -0.4 is 0 Å². The summed E-state index contributed by atoms with van der Waals surface area (Å²) in [5.41, 5.74) is 2.65. The van der Waals surface area contributed by atoms with Gasteiger partial charge in [0.25, 0.3) is 0 Å². The van der Waals surface area contributed by atoms with Gasteiger partial charge in [-0.25, -0.2) is 0 Å². The van der Waals surface area contributed by atoms with E-state index in [-0.39, 0.29) is 11.9 Å². The lowest BCUT2D eigenvalue weighted by Crippen LogP contribution is -2.12. The van der Waals surface area contributed by atoms with Crippen LogP contribution in [0.2, 0.25) is 0 Å². The fourth-order valence-corrected chi connectivity index (χ4v) is 2.42. The Hall–Kier alpha value is -2.29. The molecule has 0 spiro atoms. The third-order valence-corrected chi connectivity index (χ3v) is 3.54. The summed E-state index contributed by atoms with van der Waals surface area (Å²) in [7, 11) is 0. The van der Waals surface area contributed by atoms with Gasteiger partial charge < -0.3 is 9.15 Å². The molecule has 1 aromatic heterocycles. The van der Waals surface area contributed by atoms with Gasteiger partial charge in [0.15, 0.2) is 0 Å². The van der Waals surface area contributed by atoms with Crippen molar-refractivity contribution in [3.63, 3.8) is 0 Å². The third kappa shape index (κ3) is 2.05. The lowest BCUT2D eigenvalue weighted by molar-refractivity contribution is -0.144. The summed E-state index contributed by atoms with van der Waals surface area (Å²) in [4.78, 5) is 11.8. The number of rotatable bonds is 3. The molecule has 0 bridgehead atoms. The van der Waals surface area contributed by atoms with Gasteiger partial charge >= 0.3 is 5.97 Å². The van der Waals surface area contributed by atoms with Gasteiger partial charge in [-0.2, -0.15) is 0 Å². The van der Waals surface area contributed by atoms with Crippen molar-refractivity contribution in [1.29, 1.82) is 0 Å². The second kappa shape index (κ2) is 5.00. The topological polar surface area (TPSA) is 39.4 Å². The summed E-state index contributed by atoms with van der Waals surface area (Å²) in [6.07, 6.45) is 0. The summed E-state index contributed by atoms with van der Waals surface area (Å²) in [5, 5.41) is 2.11. The highest BCUT2D eigenvalue weighted by molar-refractivity contribution is 6.05. The van der Waals surface area contributed by atoms with Crippen LogP contribution in [0.25, 0.3) is 21.9 Å². The van der Waals surface area contributed by atoms with E-state index < -0.39 is 0 Å². The van der Waals surface area contributed by atoms with Crippen LogP contribution in [0.15, 0.2) is 46.9 Å². The predicted molar refractivity (Wildman–Crippen MR) is 78.8 cm³/mol. The molecule has 0 N–H and O–H groups in total. The molecule has 3 aromatic rings. The Kier molecular flexibility index (Phi) is 3.18. The number of ether oxygens (including phenoxy) is 1. The van der Waals surface area contributed by atoms with Gasteiger partial charge in [0.05, 0.1) is 12.5 Å². The van der Waals surface area contributed by atoms with E-state index in [0.717, 1.165) is 27.5 Å². The quantitative estimate of drug-likeness (QED) is 0.666. The highest BCUT2D eigenvalue weighted by atomic mass is 16.5. The second-order valence-corrected chi connectivity index (χ2v) is 4.83. The van der Waals surface area contributed by atoms with Gasteiger partial charge in [0.1, 0.15) is 11.2 Å². The zero-order valence-corrected chi connectivity index (χ0v) is 11.6. The number of carbonyl (C=O) groups is 1. The molecule has 0 fully saturated rings. The molecular weight excluding hydrogens is 252 g/mol. The van der Waals surface area contributed by atoms with Gasteiger partial charge in [-0.3, -0.25) is 4.79 Å². The number of carbonyl (C=O) groups excluding carboxylic acids is 1. The van der Waals surface area contributed by atoms with Crippen molar-refractivity contribution in [2.45, 2.75) is 19.8 Å². The molecule has 0 aliphatic carbocycles. The Morgan fingerprint density at radius 3 is 2.70 bits per heavy atom. The minimum Gasteiger partial charge on any atom is -0.466 e. The lowest BCUT2D eigenvalue weighted by Gasteiger charge is -2.10. The van der Waals surface area contributed by atoms with E-state index in [9.17, 15) is 4.79 Å². The van der Waals surface area contributed by atoms with Crippen LogP contribution in [0.5, 0.6) is 0 Å². The van der Waals surface area contributed by atoms with E-state index in [1.165, 1.54) is 0 Å². The number of fused-ring (bicyclic) bond motifs is 3. The molecule has 0 radical (unpaired) electrons. The maximum Gasteiger partial charge on any atom is 0.313 e. The minimum absolute atomic E-state index is 0.195. The normalized spacial score (nSPS) is 12.7. The van der Waals surface area contributed by atoms with E-state index in [4.69, 9.17) is 9.15 Å². The molecule has 102 valence electrons. The zero-order chi connectivity index (χ0) is 14.1. The van der Waals surface area contributed by atoms with Crippen LogP contribution in [0, 0.1) is 0 Å². The third-order valence-electron chi connectivity index (χ3n) is 3.54. The molecule has 1 heterocycles. The van der Waals surface area contributed by atoms with Crippen LogP contribution in [0.1, 0.15) is 25.3 Å². The van der Waals surface area contributed by atoms with Crippen molar-refractivity contribution >= 4 is 27.9 Å². The molecule has 0 saturated carbocycles. The number of furan rings is 1. The molecule has 0 saturated heterocycles. The second-order valence-electron chi connectivity index (χ2n) is 4.83. The first-order valence-electron chi connectivity index (χ1n) is 6.78. The zero-order valence-electron chi connectivity index (χ0n) is 11.6. The van der Waals surface area contributed by atoms with Gasteiger partial charge in [0, 0.05) is 10.8 Å². The van der Waals surface area contributed by atoms with E-state index in [0.29, 0.717) is 6.61 Å². The van der Waals surface area contributed by atoms with Crippen molar-refractivity contribution in [1.82, 2.24) is 0 Å². The van der Waals surface area contributed by atoms with Crippen LogP contribution in [-0.2, 0) is 9.53 Å². The van der Waals surface area contributed by atoms with Gasteiger partial charge in [0.2, 0.25) is 0 Å². The maximum absolute atomic E-state index is 11.8. The molecule has 3 rings (SSSR count). The first-order valence-corrected chi connectivity index (χ1v) is 6.78. The number of benzene rings is 2. The van der Waals surface area contributed by atoms with Gasteiger partial charge in [-0.15, -0.1) is 0 Å². The average molecular weight is 268 g/mol. The van der Waals surface area contributed by atoms with Crippen LogP contribution in [-0.4, -0.2) is 12.6 Å². The van der Waals surface area contributed by atoms with Crippen molar-refractivity contribution in [2.24, 2.45) is 0 Å². The molecule has 0 amide bonds. The Balaban J connectivity index is 2.09. The van der Waals surface area contributed by atoms with Crippen molar-refractivity contribution in [3.05, 3.63) is 48.0 Å². The number of esters is 1. The average Bonchev–Trinajstić information content (AvgIpc) is 2.84. The van der Waals surface area contributed by atoms with Crippen molar-refractivity contribution in [3.8, 4) is 0 Å². The smallest absolute Gasteiger partial charge is 0.313 e. The molecule has 3 heteroatoms. The Morgan fingerprint density at radius 2 is 1.90 bits per heavy atom. The minimum atomic E-state index is -0.270. The maximum atomic E-state index is 11.8. The SMILES string of the molecule is CCOC(=O)C(C)c1ccc2oc3ccccc3c2c1. The first kappa shape index (κ1) is 12.7. The number of hydrogen-bond acceptors (Lipinski definition) is 3. The highest BCUT2D eigenvalue weighted by Gasteiger charge is 2.17. The number of hydrogen-bond donors (Lipinski definition) is 0. The van der Waals surface area contributed by atoms with Crippen LogP contribution >= 0.6 is 0 Å². The monoisotopic (exact) mass is 268 g/mol. The molecule has 1 unspecified atom stereocenters.